The highest BCUT2D eigenvalue weighted by molar-refractivity contribution is 7.80. The van der Waals surface area contributed by atoms with E-state index in [1.807, 2.05) is 19.1 Å². The number of non-ortho nitro benzene ring substituents is 1. The molecule has 9 heteroatoms. The normalized spacial score (nSPS) is 15.3. The van der Waals surface area contributed by atoms with Gasteiger partial charge in [0.2, 0.25) is 0 Å². The van der Waals surface area contributed by atoms with Crippen molar-refractivity contribution in [2.45, 2.75) is 6.92 Å². The molecular formula is C22H16N4O4S. The number of carbonyl (C=O) groups excluding carboxylic acids is 2. The van der Waals surface area contributed by atoms with Gasteiger partial charge in [-0.3, -0.25) is 29.9 Å². The number of amides is 2. The van der Waals surface area contributed by atoms with Crippen molar-refractivity contribution >= 4 is 46.6 Å². The monoisotopic (exact) mass is 432 g/mol. The quantitative estimate of drug-likeness (QED) is 0.224. The second kappa shape index (κ2) is 7.96. The molecule has 3 aromatic rings. The first-order valence-corrected chi connectivity index (χ1v) is 9.67. The number of anilines is 1. The molecule has 8 nitrogen and oxygen atoms in total. The van der Waals surface area contributed by atoms with E-state index in [9.17, 15) is 19.7 Å². The summed E-state index contributed by atoms with van der Waals surface area (Å²) in [6.07, 6.45) is 3.14. The lowest BCUT2D eigenvalue weighted by Gasteiger charge is -2.30. The average Bonchev–Trinajstić information content (AvgIpc) is 3.21. The number of benzene rings is 2. The lowest BCUT2D eigenvalue weighted by atomic mass is 10.1. The minimum atomic E-state index is -0.605. The highest BCUT2D eigenvalue weighted by Gasteiger charge is 2.35. The van der Waals surface area contributed by atoms with E-state index >= 15 is 0 Å². The molecule has 0 aliphatic carbocycles. The minimum absolute atomic E-state index is 0.00974. The van der Waals surface area contributed by atoms with Gasteiger partial charge in [-0.2, -0.15) is 0 Å². The van der Waals surface area contributed by atoms with Gasteiger partial charge < -0.3 is 4.57 Å². The second-order valence-corrected chi connectivity index (χ2v) is 7.21. The summed E-state index contributed by atoms with van der Waals surface area (Å²) in [6.45, 7) is 1.85. The summed E-state index contributed by atoms with van der Waals surface area (Å²) in [7, 11) is 0. The first-order chi connectivity index (χ1) is 14.9. The minimum Gasteiger partial charge on any atom is -0.317 e. The molecule has 0 spiro atoms. The molecule has 4 rings (SSSR count). The van der Waals surface area contributed by atoms with Crippen LogP contribution in [-0.2, 0) is 9.59 Å². The summed E-state index contributed by atoms with van der Waals surface area (Å²) in [5, 5.41) is 13.7. The number of hydrogen-bond donors (Lipinski definition) is 1. The van der Waals surface area contributed by atoms with Crippen molar-refractivity contribution in [2.75, 3.05) is 4.90 Å². The van der Waals surface area contributed by atoms with Crippen molar-refractivity contribution < 1.29 is 14.5 Å². The van der Waals surface area contributed by atoms with E-state index in [-0.39, 0.29) is 16.4 Å². The van der Waals surface area contributed by atoms with Gasteiger partial charge in [-0.1, -0.05) is 24.3 Å². The molecule has 1 aliphatic heterocycles. The Kier molecular flexibility index (Phi) is 5.18. The van der Waals surface area contributed by atoms with Crippen molar-refractivity contribution in [1.29, 1.82) is 0 Å². The van der Waals surface area contributed by atoms with Gasteiger partial charge in [0.15, 0.2) is 5.11 Å². The Balaban J connectivity index is 1.77. The first-order valence-electron chi connectivity index (χ1n) is 9.26. The third-order valence-electron chi connectivity index (χ3n) is 4.85. The van der Waals surface area contributed by atoms with E-state index in [0.29, 0.717) is 17.1 Å². The van der Waals surface area contributed by atoms with Gasteiger partial charge >= 0.3 is 0 Å². The fourth-order valence-corrected chi connectivity index (χ4v) is 3.62. The van der Waals surface area contributed by atoms with Crippen LogP contribution in [0.3, 0.4) is 0 Å². The van der Waals surface area contributed by atoms with Gasteiger partial charge in [-0.15, -0.1) is 0 Å². The number of aromatic nitrogens is 1. The summed E-state index contributed by atoms with van der Waals surface area (Å²) in [6, 6.07) is 16.7. The highest BCUT2D eigenvalue weighted by Crippen LogP contribution is 2.26. The summed E-state index contributed by atoms with van der Waals surface area (Å²) < 4.78 is 1.66. The maximum atomic E-state index is 13.2. The van der Waals surface area contributed by atoms with Crippen LogP contribution < -0.4 is 10.2 Å². The average molecular weight is 432 g/mol. The van der Waals surface area contributed by atoms with Crippen LogP contribution in [0.5, 0.6) is 0 Å². The van der Waals surface area contributed by atoms with E-state index in [2.05, 4.69) is 5.32 Å². The molecule has 0 saturated carbocycles. The van der Waals surface area contributed by atoms with Crippen LogP contribution in [0, 0.1) is 17.0 Å². The molecule has 2 heterocycles. The standard InChI is InChI=1S/C22H16N4O4S/c1-14-6-2-3-10-19(14)25-21(28)18(20(27)23-22(25)31)13-16-9-5-11-24(16)15-7-4-8-17(12-15)26(29)30/h2-13H,1H3,(H,23,27,31)/b18-13+. The van der Waals surface area contributed by atoms with Gasteiger partial charge in [-0.25, -0.2) is 0 Å². The Labute approximate surface area is 182 Å². The third kappa shape index (κ3) is 3.74. The van der Waals surface area contributed by atoms with Crippen molar-refractivity contribution in [2.24, 2.45) is 0 Å². The maximum absolute atomic E-state index is 13.2. The van der Waals surface area contributed by atoms with E-state index < -0.39 is 16.7 Å². The first kappa shape index (κ1) is 20.2. The lowest BCUT2D eigenvalue weighted by molar-refractivity contribution is -0.384. The number of nitro benzene ring substituents is 1. The predicted octanol–water partition coefficient (Wildman–Crippen LogP) is 3.53. The van der Waals surface area contributed by atoms with E-state index in [4.69, 9.17) is 12.2 Å². The zero-order valence-corrected chi connectivity index (χ0v) is 17.1. The Morgan fingerprint density at radius 3 is 2.58 bits per heavy atom. The fourth-order valence-electron chi connectivity index (χ4n) is 3.34. The van der Waals surface area contributed by atoms with Gasteiger partial charge in [-0.05, 0) is 55.0 Å². The third-order valence-corrected chi connectivity index (χ3v) is 5.13. The predicted molar refractivity (Wildman–Crippen MR) is 120 cm³/mol. The number of thiocarbonyl (C=S) groups is 1. The molecule has 2 amide bonds. The van der Waals surface area contributed by atoms with Gasteiger partial charge in [0.25, 0.3) is 17.5 Å². The summed E-state index contributed by atoms with van der Waals surface area (Å²) in [4.78, 5) is 37.7. The second-order valence-electron chi connectivity index (χ2n) is 6.82. The SMILES string of the molecule is Cc1ccccc1N1C(=O)/C(=C/c2cccn2-c2cccc([N+](=O)[O-])c2)C(=O)NC1=S. The number of carbonyl (C=O) groups is 2. The molecule has 0 unspecified atom stereocenters. The Morgan fingerprint density at radius 1 is 1.06 bits per heavy atom. The topological polar surface area (TPSA) is 97.5 Å². The molecule has 0 atom stereocenters. The van der Waals surface area contributed by atoms with E-state index in [1.165, 1.54) is 23.1 Å². The molecule has 1 N–H and O–H groups in total. The van der Waals surface area contributed by atoms with E-state index in [1.54, 1.807) is 47.2 Å². The van der Waals surface area contributed by atoms with Crippen LogP contribution in [0.25, 0.3) is 11.8 Å². The van der Waals surface area contributed by atoms with Gasteiger partial charge in [0, 0.05) is 24.0 Å². The van der Waals surface area contributed by atoms with Crippen LogP contribution in [0.15, 0.2) is 72.4 Å². The van der Waals surface area contributed by atoms with Crippen LogP contribution in [-0.4, -0.2) is 26.4 Å². The largest absolute Gasteiger partial charge is 0.317 e. The molecule has 31 heavy (non-hydrogen) atoms. The van der Waals surface area contributed by atoms with Crippen molar-refractivity contribution in [3.05, 3.63) is 93.8 Å². The highest BCUT2D eigenvalue weighted by atomic mass is 32.1. The number of nitro groups is 1. The number of nitrogens with zero attached hydrogens (tertiary/aromatic N) is 3. The number of aryl methyl sites for hydroxylation is 1. The molecule has 2 aromatic carbocycles. The Morgan fingerprint density at radius 2 is 1.84 bits per heavy atom. The Bertz CT molecular complexity index is 1280. The summed E-state index contributed by atoms with van der Waals surface area (Å²) in [5.74, 6) is -1.15. The Hall–Kier alpha value is -4.11. The van der Waals surface area contributed by atoms with E-state index in [0.717, 1.165) is 5.56 Å². The molecular weight excluding hydrogens is 416 g/mol. The fraction of sp³-hybridized carbons (Fsp3) is 0.0455. The van der Waals surface area contributed by atoms with Crippen LogP contribution >= 0.6 is 12.2 Å². The van der Waals surface area contributed by atoms with Crippen LogP contribution in [0.4, 0.5) is 11.4 Å². The molecule has 1 aromatic heterocycles. The summed E-state index contributed by atoms with van der Waals surface area (Å²) >= 11 is 5.24. The molecule has 1 aliphatic rings. The van der Waals surface area contributed by atoms with Crippen LogP contribution in [0.1, 0.15) is 11.3 Å². The van der Waals surface area contributed by atoms with Crippen molar-refractivity contribution in [3.8, 4) is 5.69 Å². The summed E-state index contributed by atoms with van der Waals surface area (Å²) in [5.41, 5.74) is 2.29. The zero-order chi connectivity index (χ0) is 22.1. The molecule has 0 bridgehead atoms. The smallest absolute Gasteiger partial charge is 0.271 e. The van der Waals surface area contributed by atoms with Crippen LogP contribution in [0.2, 0.25) is 0 Å². The van der Waals surface area contributed by atoms with Crippen molar-refractivity contribution in [1.82, 2.24) is 9.88 Å². The molecule has 0 radical (unpaired) electrons. The molecule has 1 saturated heterocycles. The number of rotatable bonds is 4. The zero-order valence-electron chi connectivity index (χ0n) is 16.3. The number of nitrogens with one attached hydrogen (secondary N) is 1. The molecule has 1 fully saturated rings. The number of para-hydroxylation sites is 1. The number of hydrogen-bond acceptors (Lipinski definition) is 5. The lowest BCUT2D eigenvalue weighted by Crippen LogP contribution is -2.54. The maximum Gasteiger partial charge on any atom is 0.271 e. The van der Waals surface area contributed by atoms with Crippen molar-refractivity contribution in [3.63, 3.8) is 0 Å². The van der Waals surface area contributed by atoms with Gasteiger partial charge in [0.05, 0.1) is 16.3 Å². The van der Waals surface area contributed by atoms with Gasteiger partial charge in [0.1, 0.15) is 5.57 Å². The molecule has 154 valence electrons.